The van der Waals surface area contributed by atoms with Crippen LogP contribution in [0.1, 0.15) is 23.9 Å². The summed E-state index contributed by atoms with van der Waals surface area (Å²) in [6.07, 6.45) is 0. The van der Waals surface area contributed by atoms with E-state index in [9.17, 15) is 8.78 Å². The highest BCUT2D eigenvalue weighted by Crippen LogP contribution is 2.31. The summed E-state index contributed by atoms with van der Waals surface area (Å²) in [4.78, 5) is 0. The van der Waals surface area contributed by atoms with E-state index in [0.29, 0.717) is 5.82 Å². The average Bonchev–Trinajstić information content (AvgIpc) is 2.97. The summed E-state index contributed by atoms with van der Waals surface area (Å²) in [7, 11) is 1.74. The molecule has 3 aromatic rings. The number of aryl methyl sites for hydroxylation is 1. The maximum Gasteiger partial charge on any atom is 0.178 e. The monoisotopic (exact) mass is 312 g/mol. The molecule has 0 amide bonds. The van der Waals surface area contributed by atoms with Gasteiger partial charge in [-0.25, -0.2) is 13.5 Å². The lowest BCUT2D eigenvalue weighted by Crippen LogP contribution is -2.01. The highest BCUT2D eigenvalue weighted by molar-refractivity contribution is 5.96. The van der Waals surface area contributed by atoms with Crippen molar-refractivity contribution >= 4 is 11.1 Å². The lowest BCUT2D eigenvalue weighted by Gasteiger charge is -2.13. The van der Waals surface area contributed by atoms with E-state index < -0.39 is 0 Å². The van der Waals surface area contributed by atoms with Gasteiger partial charge in [0.2, 0.25) is 0 Å². The van der Waals surface area contributed by atoms with Crippen molar-refractivity contribution in [3.63, 3.8) is 0 Å². The van der Waals surface area contributed by atoms with Gasteiger partial charge in [0, 0.05) is 12.6 Å². The Labute approximate surface area is 132 Å². The molecule has 0 N–H and O–H groups in total. The molecule has 4 nitrogen and oxygen atoms in total. The van der Waals surface area contributed by atoms with E-state index in [0.717, 1.165) is 22.3 Å². The third-order valence-electron chi connectivity index (χ3n) is 3.60. The molecule has 6 heteroatoms. The minimum Gasteiger partial charge on any atom is -0.229 e. The SMILES string of the molecule is CC(=C(c1ccc(F)cc1)c1ccc(F)cc1)c1nnnn1C. The lowest BCUT2D eigenvalue weighted by atomic mass is 9.93. The fourth-order valence-corrected chi connectivity index (χ4v) is 2.49. The second kappa shape index (κ2) is 6.08. The van der Waals surface area contributed by atoms with Crippen molar-refractivity contribution in [1.82, 2.24) is 20.2 Å². The van der Waals surface area contributed by atoms with Crippen LogP contribution in [0.3, 0.4) is 0 Å². The summed E-state index contributed by atoms with van der Waals surface area (Å²) in [6, 6.07) is 12.3. The van der Waals surface area contributed by atoms with E-state index in [1.807, 2.05) is 6.92 Å². The number of benzene rings is 2. The van der Waals surface area contributed by atoms with Crippen molar-refractivity contribution in [2.24, 2.45) is 7.05 Å². The van der Waals surface area contributed by atoms with Crippen molar-refractivity contribution < 1.29 is 8.78 Å². The van der Waals surface area contributed by atoms with Gasteiger partial charge >= 0.3 is 0 Å². The molecule has 23 heavy (non-hydrogen) atoms. The Morgan fingerprint density at radius 1 is 0.870 bits per heavy atom. The number of aromatic nitrogens is 4. The van der Waals surface area contributed by atoms with Crippen LogP contribution in [0.2, 0.25) is 0 Å². The van der Waals surface area contributed by atoms with Gasteiger partial charge in [0.15, 0.2) is 5.82 Å². The van der Waals surface area contributed by atoms with Gasteiger partial charge in [-0.2, -0.15) is 0 Å². The molecule has 0 aliphatic rings. The Bertz CT molecular complexity index is 802. The topological polar surface area (TPSA) is 43.6 Å². The van der Waals surface area contributed by atoms with Crippen LogP contribution in [0.5, 0.6) is 0 Å². The van der Waals surface area contributed by atoms with Crippen molar-refractivity contribution in [1.29, 1.82) is 0 Å². The van der Waals surface area contributed by atoms with Gasteiger partial charge in [0.05, 0.1) is 0 Å². The molecule has 2 aromatic carbocycles. The van der Waals surface area contributed by atoms with Gasteiger partial charge in [-0.05, 0) is 58.3 Å². The molecule has 3 rings (SSSR count). The molecule has 0 unspecified atom stereocenters. The quantitative estimate of drug-likeness (QED) is 0.744. The zero-order valence-corrected chi connectivity index (χ0v) is 12.7. The molecule has 0 radical (unpaired) electrons. The second-order valence-electron chi connectivity index (χ2n) is 5.14. The minimum absolute atomic E-state index is 0.315. The molecular weight excluding hydrogens is 298 g/mol. The molecule has 0 saturated carbocycles. The molecule has 0 aliphatic heterocycles. The third kappa shape index (κ3) is 3.01. The first-order valence-electron chi connectivity index (χ1n) is 7.02. The van der Waals surface area contributed by atoms with Crippen LogP contribution < -0.4 is 0 Å². The number of hydrogen-bond acceptors (Lipinski definition) is 3. The zero-order valence-electron chi connectivity index (χ0n) is 12.7. The molecule has 0 fully saturated rings. The normalized spacial score (nSPS) is 10.6. The Morgan fingerprint density at radius 3 is 1.74 bits per heavy atom. The molecule has 116 valence electrons. The van der Waals surface area contributed by atoms with Crippen LogP contribution in [0, 0.1) is 11.6 Å². The van der Waals surface area contributed by atoms with Gasteiger partial charge in [-0.3, -0.25) is 0 Å². The smallest absolute Gasteiger partial charge is 0.178 e. The minimum atomic E-state index is -0.315. The van der Waals surface area contributed by atoms with E-state index in [2.05, 4.69) is 15.5 Å². The summed E-state index contributed by atoms with van der Waals surface area (Å²) in [5.41, 5.74) is 3.25. The molecule has 0 saturated heterocycles. The summed E-state index contributed by atoms with van der Waals surface area (Å²) in [6.45, 7) is 1.88. The molecule has 0 aliphatic carbocycles. The standard InChI is InChI=1S/C17H14F2N4/c1-11(17-20-21-22-23(17)2)16(12-3-7-14(18)8-4-12)13-5-9-15(19)10-6-13/h3-10H,1-2H3. The van der Waals surface area contributed by atoms with Crippen LogP contribution in [0.4, 0.5) is 8.78 Å². The predicted octanol–water partition coefficient (Wildman–Crippen LogP) is 3.47. The fourth-order valence-electron chi connectivity index (χ4n) is 2.49. The summed E-state index contributed by atoms with van der Waals surface area (Å²) < 4.78 is 28.0. The van der Waals surface area contributed by atoms with Gasteiger partial charge in [0.25, 0.3) is 0 Å². The number of nitrogens with zero attached hydrogens (tertiary/aromatic N) is 4. The number of hydrogen-bond donors (Lipinski definition) is 0. The fraction of sp³-hybridized carbons (Fsp3) is 0.118. The van der Waals surface area contributed by atoms with Crippen LogP contribution in [0.15, 0.2) is 48.5 Å². The van der Waals surface area contributed by atoms with Crippen molar-refractivity contribution in [3.05, 3.63) is 77.1 Å². The number of allylic oxidation sites excluding steroid dienone is 1. The van der Waals surface area contributed by atoms with Crippen molar-refractivity contribution in [2.45, 2.75) is 6.92 Å². The maximum atomic E-state index is 13.2. The molecule has 0 spiro atoms. The molecule has 1 aromatic heterocycles. The Balaban J connectivity index is 2.23. The van der Waals surface area contributed by atoms with Gasteiger partial charge in [0.1, 0.15) is 11.6 Å². The first-order valence-corrected chi connectivity index (χ1v) is 7.02. The highest BCUT2D eigenvalue weighted by atomic mass is 19.1. The molecule has 1 heterocycles. The van der Waals surface area contributed by atoms with E-state index in [1.54, 1.807) is 36.0 Å². The maximum absolute atomic E-state index is 13.2. The number of tetrazole rings is 1. The summed E-state index contributed by atoms with van der Waals surface area (Å²) in [5, 5.41) is 11.5. The van der Waals surface area contributed by atoms with Gasteiger partial charge in [-0.1, -0.05) is 24.3 Å². The van der Waals surface area contributed by atoms with Crippen LogP contribution in [-0.2, 0) is 7.05 Å². The van der Waals surface area contributed by atoms with E-state index in [4.69, 9.17) is 0 Å². The third-order valence-corrected chi connectivity index (χ3v) is 3.60. The van der Waals surface area contributed by atoms with Crippen LogP contribution >= 0.6 is 0 Å². The molecule has 0 bridgehead atoms. The molecular formula is C17H14F2N4. The zero-order chi connectivity index (χ0) is 16.4. The van der Waals surface area contributed by atoms with Crippen LogP contribution in [-0.4, -0.2) is 20.2 Å². The summed E-state index contributed by atoms with van der Waals surface area (Å²) in [5.74, 6) is -0.0379. The van der Waals surface area contributed by atoms with Crippen LogP contribution in [0.25, 0.3) is 11.1 Å². The molecule has 0 atom stereocenters. The Hall–Kier alpha value is -2.89. The van der Waals surface area contributed by atoms with E-state index >= 15 is 0 Å². The van der Waals surface area contributed by atoms with Crippen molar-refractivity contribution in [2.75, 3.05) is 0 Å². The number of halogens is 2. The lowest BCUT2D eigenvalue weighted by molar-refractivity contribution is 0.627. The predicted molar refractivity (Wildman–Crippen MR) is 83.2 cm³/mol. The first-order chi connectivity index (χ1) is 11.1. The summed E-state index contributed by atoms with van der Waals surface area (Å²) >= 11 is 0. The highest BCUT2D eigenvalue weighted by Gasteiger charge is 2.15. The van der Waals surface area contributed by atoms with Crippen molar-refractivity contribution in [3.8, 4) is 0 Å². The average molecular weight is 312 g/mol. The van der Waals surface area contributed by atoms with Gasteiger partial charge in [-0.15, -0.1) is 5.10 Å². The Kier molecular flexibility index (Phi) is 3.97. The largest absolute Gasteiger partial charge is 0.229 e. The van der Waals surface area contributed by atoms with E-state index in [-0.39, 0.29) is 11.6 Å². The Morgan fingerprint density at radius 2 is 1.35 bits per heavy atom. The van der Waals surface area contributed by atoms with Gasteiger partial charge < -0.3 is 0 Å². The second-order valence-corrected chi connectivity index (χ2v) is 5.14. The number of rotatable bonds is 3. The van der Waals surface area contributed by atoms with E-state index in [1.165, 1.54) is 24.3 Å². The first kappa shape index (κ1) is 15.0.